The van der Waals surface area contributed by atoms with Gasteiger partial charge in [0.05, 0.1) is 5.48 Å². The minimum atomic E-state index is -3.50. The van der Waals surface area contributed by atoms with Crippen LogP contribution in [0.4, 0.5) is 5.69 Å². The van der Waals surface area contributed by atoms with Crippen LogP contribution in [0.2, 0.25) is 0 Å². The van der Waals surface area contributed by atoms with Gasteiger partial charge in [0.1, 0.15) is 0 Å². The van der Waals surface area contributed by atoms with Gasteiger partial charge in [-0.1, -0.05) is 22.0 Å². The molecule has 0 aliphatic carbocycles. The number of rotatable bonds is 1. The lowest BCUT2D eigenvalue weighted by molar-refractivity contribution is 0.313. The molecular weight excluding hydrogens is 252 g/mol. The predicted molar refractivity (Wildman–Crippen MR) is 68.6 cm³/mol. The van der Waals surface area contributed by atoms with E-state index in [1.807, 2.05) is 0 Å². The third-order valence-electron chi connectivity index (χ3n) is 1.76. The molecule has 0 unspecified atom stereocenters. The van der Waals surface area contributed by atoms with Gasteiger partial charge in [0.25, 0.3) is 0 Å². The number of likely N-dealkylation sites (N-methyl/N-ethyl adjacent to an activating group) is 1. The fraction of sp³-hybridized carbons (Fsp3) is 0.500. The van der Waals surface area contributed by atoms with Crippen LogP contribution in [0.15, 0.2) is 22.7 Å². The predicted octanol–water partition coefficient (Wildman–Crippen LogP) is 2.51. The lowest BCUT2D eigenvalue weighted by Crippen LogP contribution is -2.44. The molecule has 1 heterocycles. The summed E-state index contributed by atoms with van der Waals surface area (Å²) in [5.74, 6) is 0. The van der Waals surface area contributed by atoms with Gasteiger partial charge < -0.3 is 9.80 Å². The molecule has 1 aliphatic rings. The highest BCUT2D eigenvalue weighted by Crippen LogP contribution is 2.24. The zero-order chi connectivity index (χ0) is 23.0. The van der Waals surface area contributed by atoms with Crippen molar-refractivity contribution in [2.75, 3.05) is 37.9 Å². The van der Waals surface area contributed by atoms with E-state index in [0.717, 1.165) is 18.2 Å². The molecule has 1 aliphatic heterocycles. The normalized spacial score (nSPS) is 47.1. The molecule has 0 spiro atoms. The van der Waals surface area contributed by atoms with Gasteiger partial charge in [-0.15, -0.1) is 0 Å². The Balaban J connectivity index is 2.78. The van der Waals surface area contributed by atoms with Gasteiger partial charge in [0.2, 0.25) is 0 Å². The van der Waals surface area contributed by atoms with E-state index < -0.39 is 44.7 Å². The van der Waals surface area contributed by atoms with E-state index in [1.165, 1.54) is 0 Å². The van der Waals surface area contributed by atoms with E-state index in [1.54, 1.807) is 0 Å². The fourth-order valence-corrected chi connectivity index (χ4v) is 1.39. The van der Waals surface area contributed by atoms with Crippen LogP contribution < -0.4 is 4.90 Å². The second kappa shape index (κ2) is 4.54. The molecule has 0 aromatic heterocycles. The zero-order valence-corrected chi connectivity index (χ0v) is 9.09. The van der Waals surface area contributed by atoms with E-state index in [4.69, 9.17) is 19.2 Å². The largest absolute Gasteiger partial charge is 0.369 e. The molecular formula is C12H17BrN2. The van der Waals surface area contributed by atoms with Crippen molar-refractivity contribution < 1.29 is 19.2 Å². The van der Waals surface area contributed by atoms with Crippen LogP contribution in [0.1, 0.15) is 24.8 Å². The first-order valence-corrected chi connectivity index (χ1v) is 4.81. The number of aryl methyl sites for hydroxylation is 1. The van der Waals surface area contributed by atoms with Crippen molar-refractivity contribution in [3.63, 3.8) is 0 Å². The lowest BCUT2D eigenvalue weighted by Gasteiger charge is -2.34. The Morgan fingerprint density at radius 1 is 1.33 bits per heavy atom. The molecule has 0 N–H and O–H groups in total. The van der Waals surface area contributed by atoms with Crippen molar-refractivity contribution in [1.82, 2.24) is 4.90 Å². The van der Waals surface area contributed by atoms with E-state index in [0.29, 0.717) is 0 Å². The van der Waals surface area contributed by atoms with Crippen molar-refractivity contribution in [3.05, 3.63) is 28.2 Å². The summed E-state index contributed by atoms with van der Waals surface area (Å²) in [6, 6.07) is 3.09. The Morgan fingerprint density at radius 2 is 2.13 bits per heavy atom. The summed E-state index contributed by atoms with van der Waals surface area (Å²) >= 11 is 3.01. The topological polar surface area (TPSA) is 6.48 Å². The third-order valence-corrected chi connectivity index (χ3v) is 2.41. The molecule has 3 heteroatoms. The summed E-state index contributed by atoms with van der Waals surface area (Å²) in [5.41, 5.74) is -0.549. The molecule has 0 amide bonds. The van der Waals surface area contributed by atoms with E-state index >= 15 is 0 Å². The molecule has 1 aromatic carbocycles. The highest BCUT2D eigenvalue weighted by atomic mass is 79.9. The van der Waals surface area contributed by atoms with Gasteiger partial charge in [0.15, 0.2) is 0 Å². The summed E-state index contributed by atoms with van der Waals surface area (Å²) in [6.45, 7) is -19.8. The maximum atomic E-state index is 8.21. The Bertz CT molecular complexity index is 771. The molecule has 1 aromatic rings. The summed E-state index contributed by atoms with van der Waals surface area (Å²) in [5, 5.41) is 0. The summed E-state index contributed by atoms with van der Waals surface area (Å²) in [6.07, 6.45) is 0. The Hall–Kier alpha value is -0.540. The minimum Gasteiger partial charge on any atom is -0.369 e. The van der Waals surface area contributed by atoms with Crippen molar-refractivity contribution in [2.24, 2.45) is 0 Å². The summed E-state index contributed by atoms with van der Waals surface area (Å²) in [7, 11) is 0. The van der Waals surface area contributed by atoms with Crippen LogP contribution in [0, 0.1) is 6.85 Å². The van der Waals surface area contributed by atoms with Crippen molar-refractivity contribution in [2.45, 2.75) is 6.85 Å². The fourth-order valence-electron chi connectivity index (χ4n) is 1.03. The van der Waals surface area contributed by atoms with Crippen LogP contribution in [-0.4, -0.2) is 37.9 Å². The molecule has 0 atom stereocenters. The average Bonchev–Trinajstić information content (AvgIpc) is 2.41. The van der Waals surface area contributed by atoms with Gasteiger partial charge in [0, 0.05) is 49.9 Å². The average molecular weight is 283 g/mol. The lowest BCUT2D eigenvalue weighted by atomic mass is 10.2. The molecule has 0 radical (unpaired) electrons. The maximum Gasteiger partial charge on any atom is 0.0506 e. The monoisotopic (exact) mass is 282 g/mol. The molecule has 0 saturated carbocycles. The first-order chi connectivity index (χ1) is 12.6. The number of hydrogen-bond acceptors (Lipinski definition) is 2. The standard InChI is InChI=1S/C12H17BrN2/c1-10-3-4-11(9-12(10)13)15-7-5-14(2)6-8-15/h3-4,9H,5-8H2,1-2H3/i1D3,2D3,5D2,6D2,7D2,8D2. The molecule has 82 valence electrons. The Labute approximate surface area is 120 Å². The molecule has 2 nitrogen and oxygen atoms in total. The number of hydrogen-bond donors (Lipinski definition) is 0. The van der Waals surface area contributed by atoms with Gasteiger partial charge in [-0.2, -0.15) is 0 Å². The van der Waals surface area contributed by atoms with Gasteiger partial charge in [-0.3, -0.25) is 0 Å². The first-order valence-electron chi connectivity index (χ1n) is 11.0. The van der Waals surface area contributed by atoms with Crippen LogP contribution in [0.3, 0.4) is 0 Å². The van der Waals surface area contributed by atoms with Gasteiger partial charge in [-0.05, 0) is 31.5 Å². The van der Waals surface area contributed by atoms with Crippen molar-refractivity contribution in [1.29, 1.82) is 0 Å². The van der Waals surface area contributed by atoms with E-state index in [9.17, 15) is 0 Å². The zero-order valence-electron chi connectivity index (χ0n) is 21.5. The van der Waals surface area contributed by atoms with Crippen molar-refractivity contribution in [3.8, 4) is 0 Å². The number of anilines is 1. The smallest absolute Gasteiger partial charge is 0.0506 e. The highest BCUT2D eigenvalue weighted by molar-refractivity contribution is 9.10. The van der Waals surface area contributed by atoms with Crippen LogP contribution in [0.25, 0.3) is 0 Å². The van der Waals surface area contributed by atoms with E-state index in [2.05, 4.69) is 15.9 Å². The second-order valence-corrected chi connectivity index (χ2v) is 3.64. The number of halogens is 1. The van der Waals surface area contributed by atoms with Crippen LogP contribution in [-0.2, 0) is 0 Å². The molecule has 2 rings (SSSR count). The third kappa shape index (κ3) is 2.52. The molecule has 15 heavy (non-hydrogen) atoms. The van der Waals surface area contributed by atoms with Crippen LogP contribution >= 0.6 is 15.9 Å². The van der Waals surface area contributed by atoms with Gasteiger partial charge in [-0.25, -0.2) is 0 Å². The Morgan fingerprint density at radius 3 is 2.73 bits per heavy atom. The second-order valence-electron chi connectivity index (χ2n) is 2.78. The maximum absolute atomic E-state index is 8.21. The molecule has 1 saturated heterocycles. The van der Waals surface area contributed by atoms with Gasteiger partial charge >= 0.3 is 0 Å². The quantitative estimate of drug-likeness (QED) is 0.781. The Kier molecular flexibility index (Phi) is 0.913. The summed E-state index contributed by atoms with van der Waals surface area (Å²) in [4.78, 5) is -0.258. The highest BCUT2D eigenvalue weighted by Gasteiger charge is 2.14. The van der Waals surface area contributed by atoms with Crippen LogP contribution in [0.5, 0.6) is 0 Å². The number of nitrogens with zero attached hydrogens (tertiary/aromatic N) is 2. The van der Waals surface area contributed by atoms with Crippen molar-refractivity contribution >= 4 is 21.6 Å². The number of piperazine rings is 1. The molecule has 1 fully saturated rings. The van der Waals surface area contributed by atoms with E-state index in [-0.39, 0.29) is 20.6 Å². The SMILES string of the molecule is [2H]C([2H])([2H])c1ccc(N2C([2H])([2H])C([2H])([2H])N(C([2H])([2H])[2H])C([2H])([2H])C2([2H])[2H])cc1Br. The number of benzene rings is 1. The summed E-state index contributed by atoms with van der Waals surface area (Å²) < 4.78 is 110. The first kappa shape index (κ1) is 3.02. The minimum absolute atomic E-state index is 0.0547. The molecule has 0 bridgehead atoms.